The third kappa shape index (κ3) is 5.26. The van der Waals surface area contributed by atoms with Crippen molar-refractivity contribution >= 4 is 11.4 Å². The Balaban J connectivity index is 0.00000220. The number of piperazine rings is 1. The summed E-state index contributed by atoms with van der Waals surface area (Å²) < 4.78 is 6.89. The number of benzene rings is 1. The van der Waals surface area contributed by atoms with Crippen LogP contribution in [0.3, 0.4) is 0 Å². The molecule has 5 nitrogen and oxygen atoms in total. The van der Waals surface area contributed by atoms with Gasteiger partial charge in [0.05, 0.1) is 39.0 Å². The Kier molecular flexibility index (Phi) is 6.58. The average molecular weight is 315 g/mol. The first kappa shape index (κ1) is 17.9. The predicted octanol–water partition coefficient (Wildman–Crippen LogP) is -1.98. The van der Waals surface area contributed by atoms with Crippen molar-refractivity contribution in [3.8, 4) is 5.75 Å². The SMILES string of the molecule is CN1CC[N+](C)(CCCOc2ccc(N)cc2N)CC1.[Cl-]. The quantitative estimate of drug-likeness (QED) is 0.375. The molecular weight excluding hydrogens is 288 g/mol. The van der Waals surface area contributed by atoms with Crippen LogP contribution in [0.2, 0.25) is 0 Å². The van der Waals surface area contributed by atoms with Crippen LogP contribution in [0.5, 0.6) is 5.75 Å². The second kappa shape index (κ2) is 7.73. The van der Waals surface area contributed by atoms with Gasteiger partial charge in [0.2, 0.25) is 0 Å². The summed E-state index contributed by atoms with van der Waals surface area (Å²) in [7, 11) is 4.53. The standard InChI is InChI=1S/C15H27N4O.ClH/c1-18-6-9-19(2,10-7-18)8-3-11-20-15-5-4-13(16)12-14(15)17;/h4-5,12H,3,6-11,16-17H2,1-2H3;1H/q+1;/p-1. The lowest BCUT2D eigenvalue weighted by molar-refractivity contribution is -0.913. The van der Waals surface area contributed by atoms with E-state index in [-0.39, 0.29) is 12.4 Å². The minimum Gasteiger partial charge on any atom is -1.00 e. The molecule has 0 radical (unpaired) electrons. The Bertz CT molecular complexity index is 447. The van der Waals surface area contributed by atoms with E-state index < -0.39 is 0 Å². The molecule has 0 unspecified atom stereocenters. The number of anilines is 2. The Morgan fingerprint density at radius 2 is 1.90 bits per heavy atom. The van der Waals surface area contributed by atoms with Crippen LogP contribution in [0.25, 0.3) is 0 Å². The summed E-state index contributed by atoms with van der Waals surface area (Å²) in [4.78, 5) is 2.39. The lowest BCUT2D eigenvalue weighted by atomic mass is 10.2. The molecule has 2 rings (SSSR count). The van der Waals surface area contributed by atoms with Gasteiger partial charge in [0.1, 0.15) is 5.75 Å². The van der Waals surface area contributed by atoms with Gasteiger partial charge >= 0.3 is 0 Å². The lowest BCUT2D eigenvalue weighted by Crippen LogP contribution is -3.00. The number of halogens is 1. The third-order valence-electron chi connectivity index (χ3n) is 4.18. The lowest BCUT2D eigenvalue weighted by Gasteiger charge is -2.41. The van der Waals surface area contributed by atoms with Gasteiger partial charge in [-0.1, -0.05) is 0 Å². The summed E-state index contributed by atoms with van der Waals surface area (Å²) in [6.07, 6.45) is 1.05. The molecule has 1 saturated heterocycles. The fraction of sp³-hybridized carbons (Fsp3) is 0.600. The predicted molar refractivity (Wildman–Crippen MR) is 83.7 cm³/mol. The summed E-state index contributed by atoms with van der Waals surface area (Å²) in [5.74, 6) is 0.736. The number of hydrogen-bond acceptors (Lipinski definition) is 4. The molecule has 1 aromatic rings. The van der Waals surface area contributed by atoms with Gasteiger partial charge in [-0.05, 0) is 25.2 Å². The summed E-state index contributed by atoms with van der Waals surface area (Å²) in [6.45, 7) is 6.67. The molecule has 1 aliphatic heterocycles. The topological polar surface area (TPSA) is 64.5 Å². The number of nitrogens with two attached hydrogens (primary N) is 2. The molecular formula is C15H27ClN4O. The zero-order chi connectivity index (χ0) is 14.6. The maximum atomic E-state index is 5.87. The molecule has 120 valence electrons. The van der Waals surface area contributed by atoms with Crippen LogP contribution in [-0.4, -0.2) is 62.8 Å². The highest BCUT2D eigenvalue weighted by Crippen LogP contribution is 2.23. The monoisotopic (exact) mass is 314 g/mol. The van der Waals surface area contributed by atoms with Crippen molar-refractivity contribution in [3.63, 3.8) is 0 Å². The van der Waals surface area contributed by atoms with Crippen LogP contribution < -0.4 is 28.6 Å². The van der Waals surface area contributed by atoms with Crippen molar-refractivity contribution in [1.29, 1.82) is 0 Å². The molecule has 1 aliphatic rings. The van der Waals surface area contributed by atoms with Gasteiger partial charge in [-0.15, -0.1) is 0 Å². The van der Waals surface area contributed by atoms with Crippen LogP contribution in [0.15, 0.2) is 18.2 Å². The maximum absolute atomic E-state index is 5.87. The second-order valence-electron chi connectivity index (χ2n) is 6.09. The number of hydrogen-bond donors (Lipinski definition) is 2. The van der Waals surface area contributed by atoms with E-state index in [2.05, 4.69) is 19.0 Å². The van der Waals surface area contributed by atoms with Gasteiger partial charge in [0.15, 0.2) is 0 Å². The van der Waals surface area contributed by atoms with Crippen molar-refractivity contribution in [3.05, 3.63) is 18.2 Å². The summed E-state index contributed by atoms with van der Waals surface area (Å²) in [5, 5.41) is 0. The second-order valence-corrected chi connectivity index (χ2v) is 6.09. The number of nitrogen functional groups attached to an aromatic ring is 2. The first-order valence-corrected chi connectivity index (χ1v) is 7.28. The van der Waals surface area contributed by atoms with Crippen molar-refractivity contribution in [1.82, 2.24) is 4.90 Å². The number of ether oxygens (including phenoxy) is 1. The smallest absolute Gasteiger partial charge is 0.142 e. The van der Waals surface area contributed by atoms with E-state index in [1.807, 2.05) is 12.1 Å². The normalized spacial score (nSPS) is 18.0. The Morgan fingerprint density at radius 1 is 1.24 bits per heavy atom. The summed E-state index contributed by atoms with van der Waals surface area (Å²) in [5.41, 5.74) is 12.8. The zero-order valence-electron chi connectivity index (χ0n) is 13.0. The molecule has 0 atom stereocenters. The molecule has 0 amide bonds. The summed E-state index contributed by atoms with van der Waals surface area (Å²) >= 11 is 0. The highest BCUT2D eigenvalue weighted by Gasteiger charge is 2.26. The first-order chi connectivity index (χ1) is 9.48. The van der Waals surface area contributed by atoms with Crippen LogP contribution in [0.4, 0.5) is 11.4 Å². The van der Waals surface area contributed by atoms with E-state index in [9.17, 15) is 0 Å². The van der Waals surface area contributed by atoms with Crippen molar-refractivity contribution in [2.75, 3.05) is 64.9 Å². The van der Waals surface area contributed by atoms with Crippen LogP contribution in [0.1, 0.15) is 6.42 Å². The van der Waals surface area contributed by atoms with Gasteiger partial charge in [-0.25, -0.2) is 0 Å². The number of likely N-dealkylation sites (N-methyl/N-ethyl adjacent to an activating group) is 2. The van der Waals surface area contributed by atoms with Gasteiger partial charge in [0, 0.05) is 25.2 Å². The van der Waals surface area contributed by atoms with E-state index in [0.717, 1.165) is 23.2 Å². The molecule has 1 aromatic carbocycles. The van der Waals surface area contributed by atoms with Crippen molar-refractivity contribution < 1.29 is 21.6 Å². The number of rotatable bonds is 5. The molecule has 0 aromatic heterocycles. The van der Waals surface area contributed by atoms with E-state index in [0.29, 0.717) is 18.0 Å². The van der Waals surface area contributed by atoms with Gasteiger partial charge in [-0.2, -0.15) is 0 Å². The largest absolute Gasteiger partial charge is 1.00 e. The fourth-order valence-electron chi connectivity index (χ4n) is 2.60. The van der Waals surface area contributed by atoms with E-state index in [4.69, 9.17) is 16.2 Å². The minimum atomic E-state index is 0. The van der Waals surface area contributed by atoms with Gasteiger partial charge < -0.3 is 33.1 Å². The van der Waals surface area contributed by atoms with E-state index >= 15 is 0 Å². The number of nitrogens with zero attached hydrogens (tertiary/aromatic N) is 2. The molecule has 0 spiro atoms. The number of quaternary nitrogens is 1. The molecule has 4 N–H and O–H groups in total. The Hall–Kier alpha value is -1.17. The highest BCUT2D eigenvalue weighted by molar-refractivity contribution is 5.60. The van der Waals surface area contributed by atoms with Gasteiger partial charge in [0.25, 0.3) is 0 Å². The average Bonchev–Trinajstić information content (AvgIpc) is 2.41. The highest BCUT2D eigenvalue weighted by atomic mass is 35.5. The van der Waals surface area contributed by atoms with Crippen molar-refractivity contribution in [2.45, 2.75) is 6.42 Å². The van der Waals surface area contributed by atoms with Crippen LogP contribution in [0, 0.1) is 0 Å². The molecule has 0 saturated carbocycles. The van der Waals surface area contributed by atoms with E-state index in [1.165, 1.54) is 26.2 Å². The van der Waals surface area contributed by atoms with E-state index in [1.54, 1.807) is 6.07 Å². The Morgan fingerprint density at radius 3 is 2.52 bits per heavy atom. The first-order valence-electron chi connectivity index (χ1n) is 7.28. The third-order valence-corrected chi connectivity index (χ3v) is 4.18. The molecule has 6 heteroatoms. The molecule has 0 aliphatic carbocycles. The zero-order valence-corrected chi connectivity index (χ0v) is 13.8. The van der Waals surface area contributed by atoms with Gasteiger partial charge in [-0.3, -0.25) is 4.90 Å². The maximum Gasteiger partial charge on any atom is 0.142 e. The minimum absolute atomic E-state index is 0. The molecule has 1 fully saturated rings. The van der Waals surface area contributed by atoms with Crippen molar-refractivity contribution in [2.24, 2.45) is 0 Å². The van der Waals surface area contributed by atoms with Crippen LogP contribution >= 0.6 is 0 Å². The summed E-state index contributed by atoms with van der Waals surface area (Å²) in [6, 6.07) is 5.40. The Labute approximate surface area is 133 Å². The van der Waals surface area contributed by atoms with Crippen LogP contribution in [-0.2, 0) is 0 Å². The fourth-order valence-corrected chi connectivity index (χ4v) is 2.60. The molecule has 1 heterocycles. The molecule has 21 heavy (non-hydrogen) atoms. The molecule has 0 bridgehead atoms.